The molecule has 0 bridgehead atoms. The normalized spacial score (nSPS) is 12.0. The summed E-state index contributed by atoms with van der Waals surface area (Å²) in [6, 6.07) is 16.6. The van der Waals surface area contributed by atoms with Crippen LogP contribution in [0.15, 0.2) is 170 Å². The number of sulfone groups is 1. The Hall–Kier alpha value is -14.6. The van der Waals surface area contributed by atoms with Crippen molar-refractivity contribution >= 4 is 143 Å². The number of hydrazine groups is 1. The van der Waals surface area contributed by atoms with Crippen molar-refractivity contribution in [2.45, 2.75) is 10.3 Å². The fourth-order valence-electron chi connectivity index (χ4n) is 11.0. The summed E-state index contributed by atoms with van der Waals surface area (Å²) in [5.74, 6) is 9.11. The zero-order valence-electron chi connectivity index (χ0n) is 77.0. The Balaban J connectivity index is 0.000000226. The van der Waals surface area contributed by atoms with E-state index in [1.165, 1.54) is 142 Å². The standard InChI is InChI=1S/C23H30N10O3.C16H27N3O2.C8H7N7O3S.C8H7N7OS.C5H7N5O2.C5H5N5O.C4H5N3O2.C4H6N2S2.C2H6N2S.Na.H2O/c1-30(22-27-21(24)33-23(28-22)26-19(29-33)20-25-7-14-36-20)8-9-31-10-12-32(13-11-31)17-3-5-18(6-4-17)35-16-15-34-2;1-17-7-8-18-9-11-19(12-10-18)15-3-5-16(6-4-15)21-14-13-20-2;1-19(16,17)8-12-6(9)15-7(13-8)11-4(14-15)5-10-2-3-18-5;1-17-8-12-6(9)15-7(13-8)11-4(14-15)5-10-2-3-16-5;6-5(7)10-9-3(11)4-8-1-2-12-4;6-5-8-3(9-10-5)4-7-1-2-11-4;5-7-3(8)4-6-1-2-9-4;1-7-4(8-2)6-3-5;1-5-2(3)4;;/h3-7,14H,8-13,15-16H2,1-2H3,(H2,24,26,27,28,29);3-6,17H,7-14H2,1-2H3;2-3H,1H3,(H2,9,11,12,13,14);2-3H,1H3,(H2,9,11,12,13,14);1-2H,(H,9,11)(H4,6,7,10);1-2H,(H3,6,8,9,10);1-2H,5H2,(H,7,8);1-2H3;1H3,(H3,3,4);;1H2/q;;;;;;;;;+1;/p-1. The van der Waals surface area contributed by atoms with E-state index in [0.29, 0.717) is 84.2 Å². The van der Waals surface area contributed by atoms with Gasteiger partial charge in [0, 0.05) is 117 Å². The smallest absolute Gasteiger partial charge is 0.870 e. The van der Waals surface area contributed by atoms with Crippen molar-refractivity contribution in [3.8, 4) is 64.6 Å². The Morgan fingerprint density at radius 3 is 1.38 bits per heavy atom. The second-order valence-corrected chi connectivity index (χ2v) is 32.2. The third-order valence-electron chi connectivity index (χ3n) is 17.6. The number of carbonyl (C=O) groups excluding carboxylic acids is 2. The third-order valence-corrected chi connectivity index (χ3v) is 21.3. The van der Waals surface area contributed by atoms with Crippen molar-refractivity contribution in [1.82, 2.24) is 145 Å². The minimum atomic E-state index is -3.58. The van der Waals surface area contributed by atoms with Gasteiger partial charge < -0.3 is 111 Å². The van der Waals surface area contributed by atoms with E-state index in [2.05, 4.69) is 173 Å². The van der Waals surface area contributed by atoms with Crippen molar-refractivity contribution in [3.63, 3.8) is 0 Å². The van der Waals surface area contributed by atoms with Crippen LogP contribution in [-0.2, 0) is 19.3 Å². The van der Waals surface area contributed by atoms with Crippen LogP contribution in [0.1, 0.15) is 21.4 Å². The van der Waals surface area contributed by atoms with Gasteiger partial charge in [0.15, 0.2) is 10.3 Å². The van der Waals surface area contributed by atoms with Gasteiger partial charge in [-0.2, -0.15) is 73.6 Å². The fourth-order valence-corrected chi connectivity index (χ4v) is 12.8. The molecule has 0 spiro atoms. The number of anilines is 7. The maximum atomic E-state index is 11.4. The van der Waals surface area contributed by atoms with Gasteiger partial charge in [0.2, 0.25) is 75.0 Å². The van der Waals surface area contributed by atoms with Crippen LogP contribution in [0, 0.1) is 16.9 Å². The van der Waals surface area contributed by atoms with Crippen LogP contribution in [0.25, 0.3) is 64.2 Å². The Labute approximate surface area is 836 Å². The number of ether oxygens (including phenoxy) is 4. The molecule has 17 rings (SSSR count). The molecule has 15 aromatic rings. The maximum Gasteiger partial charge on any atom is 1.00 e. The van der Waals surface area contributed by atoms with Crippen LogP contribution >= 0.6 is 47.0 Å². The maximum absolute atomic E-state index is 11.4. The van der Waals surface area contributed by atoms with E-state index in [1.54, 1.807) is 26.7 Å². The second-order valence-electron chi connectivity index (χ2n) is 26.9. The number of thioether (sulfide) groups is 4. The number of nitrogens with zero attached hydrogens (tertiary/aromatic N) is 31. The molecule has 13 aromatic heterocycles. The van der Waals surface area contributed by atoms with Crippen molar-refractivity contribution < 1.29 is 98.5 Å². The van der Waals surface area contributed by atoms with E-state index in [4.69, 9.17) is 93.3 Å². The first-order valence-corrected chi connectivity index (χ1v) is 47.1. The molecule has 0 radical (unpaired) electrons. The average Bonchev–Trinajstić information content (AvgIpc) is 1.65. The number of hydrogen-bond acceptors (Lipinski definition) is 54. The topological polar surface area (TPSA) is 834 Å². The SMILES string of the molecule is CNCCN1CCN(c2ccc(OCCOC)cc2)CC1.COCCOc1ccc(N2CCN(CCN(C)c3nc(N)n4nc(-c5ncco5)nc4n3)CC2)cc1.CS(=O)(=O)c1nc(N)n2nc(-c3ncco3)nc2n1.CSC(=N)N.CSC(=NC#N)SC.CSc1nc(N)n2nc(-c3ncco3)nc2n1.NC(N)=NNC(=O)c1ncco1.NNC(=O)c1ncco1.Nc1n[nH]c(-c2ncco2)n1.[Na+].[OH-]. The van der Waals surface area contributed by atoms with E-state index >= 15 is 0 Å². The molecule has 22 N–H and O–H groups in total. The van der Waals surface area contributed by atoms with E-state index in [9.17, 15) is 18.0 Å². The number of methoxy groups -OCH3 is 2. The number of nitrogens with two attached hydrogens (primary N) is 8. The molecule has 742 valence electrons. The molecule has 65 heteroatoms. The summed E-state index contributed by atoms with van der Waals surface area (Å²) in [6.07, 6.45) is 27.1. The number of guanidine groups is 1. The number of hydrogen-bond donors (Lipinski definition) is 13. The molecule has 2 aliphatic heterocycles. The number of amides is 2. The molecule has 2 aliphatic rings. The molecule has 0 atom stereocenters. The number of aromatic amines is 1. The zero-order valence-corrected chi connectivity index (χ0v) is 83.1. The van der Waals surface area contributed by atoms with Gasteiger partial charge in [-0.25, -0.2) is 49.6 Å². The van der Waals surface area contributed by atoms with Gasteiger partial charge in [0.05, 0.1) is 50.4 Å². The van der Waals surface area contributed by atoms with Crippen LogP contribution < -0.4 is 116 Å². The summed E-state index contributed by atoms with van der Waals surface area (Å²) in [4.78, 5) is 100. The molecule has 2 amide bonds. The first kappa shape index (κ1) is 112. The minimum Gasteiger partial charge on any atom is -0.870 e. The van der Waals surface area contributed by atoms with E-state index in [1.807, 2.05) is 72.9 Å². The number of piperazine rings is 2. The summed E-state index contributed by atoms with van der Waals surface area (Å²) in [5.41, 5.74) is 43.9. The number of likely N-dealkylation sites (N-methyl/N-ethyl adjacent to an activating group) is 2. The van der Waals surface area contributed by atoms with Crippen LogP contribution in [0.5, 0.6) is 11.5 Å². The van der Waals surface area contributed by atoms with Crippen molar-refractivity contribution in [2.24, 2.45) is 33.1 Å². The predicted octanol–water partition coefficient (Wildman–Crippen LogP) is -1.74. The largest absolute Gasteiger partial charge is 1.00 e. The van der Waals surface area contributed by atoms with Gasteiger partial charge in [-0.15, -0.1) is 49.0 Å². The number of nitrogens with one attached hydrogen (secondary N) is 5. The molecule has 0 aliphatic carbocycles. The molecular weight excluding hydrogens is 1940 g/mol. The van der Waals surface area contributed by atoms with Crippen molar-refractivity contribution in [3.05, 3.63) is 135 Å². The number of amidine groups is 1. The molecule has 2 aromatic carbocycles. The number of nitrogen functional groups attached to an aromatic ring is 5. The van der Waals surface area contributed by atoms with Gasteiger partial charge in [-0.05, 0) is 80.6 Å². The number of benzene rings is 2. The predicted molar refractivity (Wildman–Crippen MR) is 514 cm³/mol. The van der Waals surface area contributed by atoms with Gasteiger partial charge in [0.1, 0.15) is 66.7 Å². The zero-order chi connectivity index (χ0) is 99.3. The number of carbonyl (C=O) groups is 2. The van der Waals surface area contributed by atoms with E-state index in [-0.39, 0.29) is 99.2 Å². The number of oxazole rings is 6. The molecule has 0 saturated carbocycles. The summed E-state index contributed by atoms with van der Waals surface area (Å²) in [6.45, 7) is 14.5. The molecule has 59 nitrogen and oxygen atoms in total. The van der Waals surface area contributed by atoms with Gasteiger partial charge in [-0.3, -0.25) is 35.3 Å². The van der Waals surface area contributed by atoms with Crippen LogP contribution in [0.4, 0.5) is 41.1 Å². The Morgan fingerprint density at radius 1 is 0.571 bits per heavy atom. The first-order chi connectivity index (χ1) is 66.7. The molecular formula is C75H101N44NaO15S5. The second kappa shape index (κ2) is 58.9. The molecule has 140 heavy (non-hydrogen) atoms. The third kappa shape index (κ3) is 35.7. The number of fused-ring (bicyclic) bond motifs is 3. The monoisotopic (exact) mass is 2040 g/mol. The Morgan fingerprint density at radius 2 is 1.00 bits per heavy atom. The number of hydrazone groups is 1. The molecule has 15 heterocycles. The molecule has 2 fully saturated rings. The number of aliphatic imine (C=N–C) groups is 1. The summed E-state index contributed by atoms with van der Waals surface area (Å²) < 4.78 is 78.3. The summed E-state index contributed by atoms with van der Waals surface area (Å²) in [5, 5.41) is 39.8. The number of aromatic nitrogens is 24. The van der Waals surface area contributed by atoms with Gasteiger partial charge in [-0.1, -0.05) is 23.5 Å². The Bertz CT molecular complexity index is 6360. The van der Waals surface area contributed by atoms with E-state index < -0.39 is 26.8 Å². The summed E-state index contributed by atoms with van der Waals surface area (Å²) in [7, 11) is 3.72. The van der Waals surface area contributed by atoms with Crippen molar-refractivity contribution in [2.75, 3.05) is 202 Å². The van der Waals surface area contributed by atoms with Gasteiger partial charge in [0.25, 0.3) is 57.8 Å². The van der Waals surface area contributed by atoms with Crippen LogP contribution in [-0.4, -0.2) is 334 Å². The first-order valence-electron chi connectivity index (χ1n) is 40.3. The van der Waals surface area contributed by atoms with Crippen LogP contribution in [0.3, 0.4) is 0 Å². The number of rotatable bonds is 26. The number of H-pyrrole nitrogens is 1. The minimum absolute atomic E-state index is 0. The van der Waals surface area contributed by atoms with Crippen LogP contribution in [0.2, 0.25) is 0 Å². The molecule has 2 saturated heterocycles. The fraction of sp³-hybridized carbons (Fsp3) is 0.333. The van der Waals surface area contributed by atoms with Crippen molar-refractivity contribution in [1.29, 1.82) is 10.7 Å². The average molecular weight is 2040 g/mol. The van der Waals surface area contributed by atoms with E-state index in [0.717, 1.165) is 105 Å². The molecule has 0 unspecified atom stereocenters. The van der Waals surface area contributed by atoms with Gasteiger partial charge >= 0.3 is 41.4 Å². The quantitative estimate of drug-likeness (QED) is 0.00329. The summed E-state index contributed by atoms with van der Waals surface area (Å²) >= 11 is 5.59. The Kier molecular flexibility index (Phi) is 47.2. The number of nitriles is 1.